The van der Waals surface area contributed by atoms with Crippen molar-refractivity contribution >= 4 is 15.9 Å². The third kappa shape index (κ3) is 5.25. The molecule has 1 N–H and O–H groups in total. The summed E-state index contributed by atoms with van der Waals surface area (Å²) in [4.78, 5) is 4.27. The molecule has 0 radical (unpaired) electrons. The number of benzene rings is 1. The molecule has 1 aromatic carbocycles. The van der Waals surface area contributed by atoms with Crippen LogP contribution in [0.1, 0.15) is 23.6 Å². The fourth-order valence-corrected chi connectivity index (χ4v) is 3.03. The zero-order valence-electron chi connectivity index (χ0n) is 12.8. The lowest BCUT2D eigenvalue weighted by Gasteiger charge is -2.18. The highest BCUT2D eigenvalue weighted by Crippen LogP contribution is 2.18. The predicted octanol–water partition coefficient (Wildman–Crippen LogP) is 4.16. The van der Waals surface area contributed by atoms with Gasteiger partial charge in [0.1, 0.15) is 0 Å². The second-order valence-electron chi connectivity index (χ2n) is 5.52. The molecule has 0 bridgehead atoms. The van der Waals surface area contributed by atoms with Crippen LogP contribution in [0.25, 0.3) is 0 Å². The van der Waals surface area contributed by atoms with E-state index >= 15 is 0 Å². The van der Waals surface area contributed by atoms with Gasteiger partial charge in [0.05, 0.1) is 0 Å². The number of hydrogen-bond donors (Lipinski definition) is 1. The minimum atomic E-state index is 0.585. The normalized spacial score (nSPS) is 12.3. The molecule has 1 heterocycles. The molecule has 0 aliphatic heterocycles. The van der Waals surface area contributed by atoms with Crippen LogP contribution in [0.2, 0.25) is 0 Å². The third-order valence-corrected chi connectivity index (χ3v) is 4.17. The number of pyridine rings is 1. The monoisotopic (exact) mass is 346 g/mol. The Bertz CT molecular complexity index is 569. The molecule has 0 saturated carbocycles. The molecular weight excluding hydrogens is 324 g/mol. The van der Waals surface area contributed by atoms with Crippen LogP contribution in [-0.4, -0.2) is 18.1 Å². The molecule has 1 aromatic heterocycles. The van der Waals surface area contributed by atoms with Crippen LogP contribution in [0.4, 0.5) is 0 Å². The van der Waals surface area contributed by atoms with Gasteiger partial charge in [-0.25, -0.2) is 0 Å². The quantitative estimate of drug-likeness (QED) is 0.813. The molecule has 21 heavy (non-hydrogen) atoms. The van der Waals surface area contributed by atoms with E-state index in [0.29, 0.717) is 5.92 Å². The van der Waals surface area contributed by atoms with E-state index < -0.39 is 0 Å². The number of aromatic nitrogens is 1. The lowest BCUT2D eigenvalue weighted by Crippen LogP contribution is -2.26. The highest BCUT2D eigenvalue weighted by atomic mass is 79.9. The van der Waals surface area contributed by atoms with Gasteiger partial charge in [0.15, 0.2) is 0 Å². The second-order valence-corrected chi connectivity index (χ2v) is 6.44. The Morgan fingerprint density at radius 1 is 1.19 bits per heavy atom. The summed E-state index contributed by atoms with van der Waals surface area (Å²) in [6, 6.07) is 10.8. The molecule has 0 aliphatic carbocycles. The van der Waals surface area contributed by atoms with Crippen molar-refractivity contribution in [3.8, 4) is 0 Å². The van der Waals surface area contributed by atoms with Gasteiger partial charge in [-0.15, -0.1) is 0 Å². The molecule has 2 nitrogen and oxygen atoms in total. The maximum atomic E-state index is 4.27. The van der Waals surface area contributed by atoms with Crippen LogP contribution in [0.3, 0.4) is 0 Å². The molecule has 1 atom stereocenters. The van der Waals surface area contributed by atoms with E-state index in [0.717, 1.165) is 30.4 Å². The fraction of sp³-hybridized carbons (Fsp3) is 0.389. The van der Waals surface area contributed by atoms with E-state index in [2.05, 4.69) is 70.4 Å². The predicted molar refractivity (Wildman–Crippen MR) is 92.6 cm³/mol. The summed E-state index contributed by atoms with van der Waals surface area (Å²) in [5, 5.41) is 3.49. The van der Waals surface area contributed by atoms with E-state index in [1.54, 1.807) is 0 Å². The molecule has 0 saturated heterocycles. The number of halogens is 1. The van der Waals surface area contributed by atoms with E-state index in [-0.39, 0.29) is 0 Å². The molecular formula is C18H23BrN2. The highest BCUT2D eigenvalue weighted by molar-refractivity contribution is 9.10. The first-order chi connectivity index (χ1) is 10.2. The lowest BCUT2D eigenvalue weighted by atomic mass is 9.91. The molecule has 1 unspecified atom stereocenters. The summed E-state index contributed by atoms with van der Waals surface area (Å²) < 4.78 is 1.05. The van der Waals surface area contributed by atoms with Crippen LogP contribution >= 0.6 is 15.9 Å². The summed E-state index contributed by atoms with van der Waals surface area (Å²) in [5.41, 5.74) is 4.12. The summed E-state index contributed by atoms with van der Waals surface area (Å²) in [6.45, 7) is 6.41. The summed E-state index contributed by atoms with van der Waals surface area (Å²) in [5.74, 6) is 0.585. The van der Waals surface area contributed by atoms with Crippen LogP contribution in [0, 0.1) is 12.8 Å². The largest absolute Gasteiger partial charge is 0.317 e. The van der Waals surface area contributed by atoms with Gasteiger partial charge in [0.2, 0.25) is 0 Å². The molecule has 3 heteroatoms. The van der Waals surface area contributed by atoms with E-state index in [1.165, 1.54) is 16.7 Å². The van der Waals surface area contributed by atoms with Crippen LogP contribution < -0.4 is 5.32 Å². The molecule has 2 aromatic rings. The molecule has 0 fully saturated rings. The average molecular weight is 347 g/mol. The van der Waals surface area contributed by atoms with Crippen molar-refractivity contribution in [2.75, 3.05) is 13.1 Å². The number of nitrogens with zero attached hydrogens (tertiary/aromatic N) is 1. The topological polar surface area (TPSA) is 24.9 Å². The molecule has 0 amide bonds. The van der Waals surface area contributed by atoms with Gasteiger partial charge in [0.25, 0.3) is 0 Å². The molecule has 0 aliphatic rings. The Balaban J connectivity index is 2.09. The van der Waals surface area contributed by atoms with Crippen molar-refractivity contribution in [1.82, 2.24) is 10.3 Å². The first-order valence-corrected chi connectivity index (χ1v) is 8.33. The maximum Gasteiger partial charge on any atom is 0.0410 e. The standard InChI is InChI=1S/C18H23BrN2/c1-3-20-11-15(8-16-10-18(19)13-21-12-16)9-17-7-5-4-6-14(17)2/h4-7,10,12-13,15,20H,3,8-9,11H2,1-2H3. The Kier molecular flexibility index (Phi) is 6.40. The minimum Gasteiger partial charge on any atom is -0.317 e. The maximum absolute atomic E-state index is 4.27. The first kappa shape index (κ1) is 16.2. The second kappa shape index (κ2) is 8.30. The molecule has 112 valence electrons. The minimum absolute atomic E-state index is 0.585. The van der Waals surface area contributed by atoms with Crippen molar-refractivity contribution in [2.24, 2.45) is 5.92 Å². The summed E-state index contributed by atoms with van der Waals surface area (Å²) in [6.07, 6.45) is 5.96. The van der Waals surface area contributed by atoms with Crippen molar-refractivity contribution in [2.45, 2.75) is 26.7 Å². The highest BCUT2D eigenvalue weighted by Gasteiger charge is 2.12. The van der Waals surface area contributed by atoms with Gasteiger partial charge >= 0.3 is 0 Å². The van der Waals surface area contributed by atoms with Crippen LogP contribution in [0.5, 0.6) is 0 Å². The molecule has 2 rings (SSSR count). The summed E-state index contributed by atoms with van der Waals surface area (Å²) >= 11 is 3.51. The van der Waals surface area contributed by atoms with Gasteiger partial charge < -0.3 is 5.32 Å². The van der Waals surface area contributed by atoms with Crippen molar-refractivity contribution in [3.63, 3.8) is 0 Å². The Morgan fingerprint density at radius 2 is 2.00 bits per heavy atom. The van der Waals surface area contributed by atoms with E-state index in [1.807, 2.05) is 12.4 Å². The van der Waals surface area contributed by atoms with Crippen molar-refractivity contribution in [3.05, 3.63) is 63.9 Å². The number of rotatable bonds is 7. The average Bonchev–Trinajstić information content (AvgIpc) is 2.47. The van der Waals surface area contributed by atoms with Gasteiger partial charge in [0, 0.05) is 16.9 Å². The van der Waals surface area contributed by atoms with Gasteiger partial charge in [-0.1, -0.05) is 31.2 Å². The number of aryl methyl sites for hydroxylation is 1. The SMILES string of the molecule is CCNCC(Cc1cncc(Br)c1)Cc1ccccc1C. The number of hydrogen-bond acceptors (Lipinski definition) is 2. The lowest BCUT2D eigenvalue weighted by molar-refractivity contribution is 0.477. The van der Waals surface area contributed by atoms with Crippen LogP contribution in [-0.2, 0) is 12.8 Å². The Labute approximate surface area is 136 Å². The fourth-order valence-electron chi connectivity index (χ4n) is 2.62. The van der Waals surface area contributed by atoms with Gasteiger partial charge in [-0.05, 0) is 77.5 Å². The van der Waals surface area contributed by atoms with Crippen molar-refractivity contribution < 1.29 is 0 Å². The molecule has 0 spiro atoms. The van der Waals surface area contributed by atoms with E-state index in [4.69, 9.17) is 0 Å². The third-order valence-electron chi connectivity index (χ3n) is 3.74. The zero-order chi connectivity index (χ0) is 15.1. The van der Waals surface area contributed by atoms with Crippen LogP contribution in [0.15, 0.2) is 47.2 Å². The van der Waals surface area contributed by atoms with E-state index in [9.17, 15) is 0 Å². The first-order valence-electron chi connectivity index (χ1n) is 7.53. The van der Waals surface area contributed by atoms with Gasteiger partial charge in [-0.3, -0.25) is 4.98 Å². The van der Waals surface area contributed by atoms with Gasteiger partial charge in [-0.2, -0.15) is 0 Å². The number of nitrogens with one attached hydrogen (secondary N) is 1. The zero-order valence-corrected chi connectivity index (χ0v) is 14.4. The van der Waals surface area contributed by atoms with Crippen molar-refractivity contribution in [1.29, 1.82) is 0 Å². The smallest absolute Gasteiger partial charge is 0.0410 e. The summed E-state index contributed by atoms with van der Waals surface area (Å²) in [7, 11) is 0. The Hall–Kier alpha value is -1.19. The Morgan fingerprint density at radius 3 is 2.71 bits per heavy atom.